The Kier molecular flexibility index (Phi) is 6.63. The summed E-state index contributed by atoms with van der Waals surface area (Å²) in [5, 5.41) is 1.03. The Labute approximate surface area is 180 Å². The van der Waals surface area contributed by atoms with E-state index in [1.165, 1.54) is 6.42 Å². The molecule has 0 bridgehead atoms. The Balaban J connectivity index is 1.32. The minimum atomic E-state index is -3.22. The van der Waals surface area contributed by atoms with Crippen molar-refractivity contribution in [2.24, 2.45) is 11.8 Å². The van der Waals surface area contributed by atoms with Gasteiger partial charge in [-0.1, -0.05) is 26.2 Å². The molecule has 7 nitrogen and oxygen atoms in total. The molecular weight excluding hydrogens is 398 g/mol. The first-order chi connectivity index (χ1) is 14.5. The molecule has 0 amide bonds. The number of hydrogen-bond donors (Lipinski definition) is 2. The van der Waals surface area contributed by atoms with Gasteiger partial charge >= 0.3 is 0 Å². The van der Waals surface area contributed by atoms with E-state index in [0.717, 1.165) is 68.2 Å². The van der Waals surface area contributed by atoms with Crippen molar-refractivity contribution in [1.82, 2.24) is 19.7 Å². The van der Waals surface area contributed by atoms with Crippen molar-refractivity contribution >= 4 is 26.9 Å². The molecule has 2 saturated carbocycles. The summed E-state index contributed by atoms with van der Waals surface area (Å²) in [6.45, 7) is 2.17. The maximum Gasteiger partial charge on any atom is 0.212 e. The molecule has 0 radical (unpaired) electrons. The third kappa shape index (κ3) is 4.80. The number of rotatable bonds is 7. The van der Waals surface area contributed by atoms with E-state index in [4.69, 9.17) is 0 Å². The second-order valence-corrected chi connectivity index (χ2v) is 11.0. The summed E-state index contributed by atoms with van der Waals surface area (Å²) in [4.78, 5) is 14.2. The van der Waals surface area contributed by atoms with Gasteiger partial charge in [0.1, 0.15) is 17.8 Å². The number of H-pyrrole nitrogens is 1. The standard InChI is InChI=1S/C22H35N5O2S/c1-3-17-6-4-5-7-20(17)26-30(28,29)14-16-8-10-18(11-9-16)27(2)22-19-12-13-23-21(19)24-15-25-22/h12-13,15-18,20,26H,3-11,14H2,1-2H3,(H,23,24,25)/t16?,17-,18?,20?/m0/s1. The summed E-state index contributed by atoms with van der Waals surface area (Å²) in [6, 6.07) is 2.53. The van der Waals surface area contributed by atoms with E-state index >= 15 is 0 Å². The molecule has 2 atom stereocenters. The third-order valence-electron chi connectivity index (χ3n) is 7.25. The van der Waals surface area contributed by atoms with E-state index in [-0.39, 0.29) is 17.7 Å². The summed E-state index contributed by atoms with van der Waals surface area (Å²) < 4.78 is 28.7. The lowest BCUT2D eigenvalue weighted by Crippen LogP contribution is -2.44. The molecule has 0 aromatic carbocycles. The molecule has 4 rings (SSSR count). The first-order valence-electron chi connectivity index (χ1n) is 11.5. The fraction of sp³-hybridized carbons (Fsp3) is 0.727. The van der Waals surface area contributed by atoms with E-state index in [1.807, 2.05) is 12.3 Å². The van der Waals surface area contributed by atoms with Crippen LogP contribution in [-0.4, -0.2) is 48.3 Å². The van der Waals surface area contributed by atoms with Crippen molar-refractivity contribution in [3.05, 3.63) is 18.6 Å². The van der Waals surface area contributed by atoms with E-state index < -0.39 is 10.0 Å². The molecular formula is C22H35N5O2S. The zero-order valence-electron chi connectivity index (χ0n) is 18.2. The van der Waals surface area contributed by atoms with Gasteiger partial charge in [-0.3, -0.25) is 0 Å². The van der Waals surface area contributed by atoms with Gasteiger partial charge in [-0.05, 0) is 56.4 Å². The average Bonchev–Trinajstić information content (AvgIpc) is 3.22. The number of nitrogens with zero attached hydrogens (tertiary/aromatic N) is 3. The van der Waals surface area contributed by atoms with Crippen LogP contribution in [0.5, 0.6) is 0 Å². The molecule has 2 aliphatic rings. The number of anilines is 1. The van der Waals surface area contributed by atoms with E-state index in [0.29, 0.717) is 12.0 Å². The molecule has 2 aliphatic carbocycles. The number of fused-ring (bicyclic) bond motifs is 1. The van der Waals surface area contributed by atoms with Crippen molar-refractivity contribution in [1.29, 1.82) is 0 Å². The van der Waals surface area contributed by atoms with Crippen LogP contribution in [0.25, 0.3) is 11.0 Å². The monoisotopic (exact) mass is 433 g/mol. The van der Waals surface area contributed by atoms with Crippen LogP contribution in [0.2, 0.25) is 0 Å². The fourth-order valence-corrected chi connectivity index (χ4v) is 7.27. The normalized spacial score (nSPS) is 27.9. The number of hydrogen-bond acceptors (Lipinski definition) is 5. The summed E-state index contributed by atoms with van der Waals surface area (Å²) in [7, 11) is -1.13. The number of aromatic amines is 1. The second kappa shape index (κ2) is 9.22. The zero-order valence-corrected chi connectivity index (χ0v) is 19.0. The third-order valence-corrected chi connectivity index (χ3v) is 8.82. The summed E-state index contributed by atoms with van der Waals surface area (Å²) >= 11 is 0. The average molecular weight is 434 g/mol. The highest BCUT2D eigenvalue weighted by atomic mass is 32.2. The highest BCUT2D eigenvalue weighted by Gasteiger charge is 2.32. The lowest BCUT2D eigenvalue weighted by atomic mass is 9.83. The molecule has 2 aromatic heterocycles. The first-order valence-corrected chi connectivity index (χ1v) is 13.1. The van der Waals surface area contributed by atoms with Crippen molar-refractivity contribution < 1.29 is 8.42 Å². The SMILES string of the molecule is CC[C@H]1CCCCC1NS(=O)(=O)CC1CCC(N(C)c2ncnc3[nH]ccc23)CC1. The lowest BCUT2D eigenvalue weighted by molar-refractivity contribution is 0.280. The topological polar surface area (TPSA) is 91.0 Å². The van der Waals surface area contributed by atoms with Crippen LogP contribution in [0.15, 0.2) is 18.6 Å². The first kappa shape index (κ1) is 21.6. The van der Waals surface area contributed by atoms with Gasteiger partial charge < -0.3 is 9.88 Å². The molecule has 8 heteroatoms. The van der Waals surface area contributed by atoms with E-state index in [1.54, 1.807) is 6.33 Å². The minimum absolute atomic E-state index is 0.137. The molecule has 2 heterocycles. The molecule has 166 valence electrons. The van der Waals surface area contributed by atoms with E-state index in [2.05, 4.69) is 38.5 Å². The Morgan fingerprint density at radius 3 is 2.67 bits per heavy atom. The van der Waals surface area contributed by atoms with Crippen LogP contribution in [-0.2, 0) is 10.0 Å². The van der Waals surface area contributed by atoms with Crippen LogP contribution < -0.4 is 9.62 Å². The van der Waals surface area contributed by atoms with Crippen LogP contribution in [0.4, 0.5) is 5.82 Å². The Bertz CT molecular complexity index is 936. The van der Waals surface area contributed by atoms with Crippen molar-refractivity contribution in [3.63, 3.8) is 0 Å². The van der Waals surface area contributed by atoms with Gasteiger partial charge in [0.15, 0.2) is 0 Å². The summed E-state index contributed by atoms with van der Waals surface area (Å²) in [6.07, 6.45) is 12.9. The predicted octanol–water partition coefficient (Wildman–Crippen LogP) is 3.84. The van der Waals surface area contributed by atoms with Crippen molar-refractivity contribution in [2.45, 2.75) is 76.8 Å². The van der Waals surface area contributed by atoms with Gasteiger partial charge in [0.05, 0.1) is 11.1 Å². The quantitative estimate of drug-likeness (QED) is 0.692. The molecule has 0 saturated heterocycles. The van der Waals surface area contributed by atoms with Gasteiger partial charge in [0.25, 0.3) is 0 Å². The van der Waals surface area contributed by atoms with Crippen LogP contribution in [0, 0.1) is 11.8 Å². The van der Waals surface area contributed by atoms with Gasteiger partial charge in [0.2, 0.25) is 10.0 Å². The smallest absolute Gasteiger partial charge is 0.212 e. The van der Waals surface area contributed by atoms with Gasteiger partial charge in [0, 0.05) is 25.3 Å². The maximum atomic E-state index is 12.8. The number of sulfonamides is 1. The number of aromatic nitrogens is 3. The van der Waals surface area contributed by atoms with Gasteiger partial charge in [-0.15, -0.1) is 0 Å². The second-order valence-electron chi connectivity index (χ2n) is 9.18. The molecule has 0 aliphatic heterocycles. The molecule has 2 N–H and O–H groups in total. The Hall–Kier alpha value is -1.67. The van der Waals surface area contributed by atoms with Gasteiger partial charge in [-0.2, -0.15) is 0 Å². The minimum Gasteiger partial charge on any atom is -0.356 e. The Morgan fingerprint density at radius 1 is 1.13 bits per heavy atom. The summed E-state index contributed by atoms with van der Waals surface area (Å²) in [5.74, 6) is 1.96. The molecule has 1 unspecified atom stereocenters. The lowest BCUT2D eigenvalue weighted by Gasteiger charge is -2.36. The van der Waals surface area contributed by atoms with Crippen LogP contribution >= 0.6 is 0 Å². The van der Waals surface area contributed by atoms with Crippen molar-refractivity contribution in [3.8, 4) is 0 Å². The Morgan fingerprint density at radius 2 is 1.90 bits per heavy atom. The summed E-state index contributed by atoms with van der Waals surface area (Å²) in [5.41, 5.74) is 0.853. The molecule has 2 aromatic rings. The number of nitrogens with one attached hydrogen (secondary N) is 2. The molecule has 2 fully saturated rings. The molecule has 0 spiro atoms. The zero-order chi connectivity index (χ0) is 21.1. The van der Waals surface area contributed by atoms with Gasteiger partial charge in [-0.25, -0.2) is 23.1 Å². The fourth-order valence-electron chi connectivity index (χ4n) is 5.45. The van der Waals surface area contributed by atoms with Crippen LogP contribution in [0.1, 0.15) is 64.7 Å². The molecule has 30 heavy (non-hydrogen) atoms. The largest absolute Gasteiger partial charge is 0.356 e. The van der Waals surface area contributed by atoms with Crippen LogP contribution in [0.3, 0.4) is 0 Å². The van der Waals surface area contributed by atoms with Crippen molar-refractivity contribution in [2.75, 3.05) is 17.7 Å². The highest BCUT2D eigenvalue weighted by molar-refractivity contribution is 7.89. The highest BCUT2D eigenvalue weighted by Crippen LogP contribution is 2.32. The van der Waals surface area contributed by atoms with E-state index in [9.17, 15) is 8.42 Å². The predicted molar refractivity (Wildman–Crippen MR) is 121 cm³/mol. The maximum absolute atomic E-state index is 12.8.